The van der Waals surface area contributed by atoms with Crippen molar-refractivity contribution >= 4 is 21.6 Å². The van der Waals surface area contributed by atoms with Crippen LogP contribution in [0.25, 0.3) is 10.2 Å². The van der Waals surface area contributed by atoms with E-state index >= 15 is 0 Å². The Kier molecular flexibility index (Phi) is 4.33. The van der Waals surface area contributed by atoms with Crippen molar-refractivity contribution in [3.63, 3.8) is 0 Å². The molecule has 0 aliphatic rings. The lowest BCUT2D eigenvalue weighted by atomic mass is 10.1. The molecule has 0 saturated carbocycles. The van der Waals surface area contributed by atoms with E-state index in [0.29, 0.717) is 16.3 Å². The summed E-state index contributed by atoms with van der Waals surface area (Å²) < 4.78 is 24.7. The van der Waals surface area contributed by atoms with Crippen molar-refractivity contribution in [1.82, 2.24) is 4.98 Å². The standard InChI is InChI=1S/C16H14FNO3S/c1-20-9-21-13-7-6-10(17)8-11(13)15(19)16-18-12-4-2-3-5-14(12)22-16/h2-8,15,19H,9H2,1H3. The van der Waals surface area contributed by atoms with Gasteiger partial charge in [0.25, 0.3) is 0 Å². The highest BCUT2D eigenvalue weighted by Gasteiger charge is 2.20. The summed E-state index contributed by atoms with van der Waals surface area (Å²) in [5.41, 5.74) is 1.13. The number of methoxy groups -OCH3 is 1. The maximum atomic E-state index is 13.5. The monoisotopic (exact) mass is 319 g/mol. The minimum Gasteiger partial charge on any atom is -0.467 e. The summed E-state index contributed by atoms with van der Waals surface area (Å²) in [5, 5.41) is 11.1. The molecule has 0 radical (unpaired) electrons. The Morgan fingerprint density at radius 1 is 1.27 bits per heavy atom. The highest BCUT2D eigenvalue weighted by Crippen LogP contribution is 2.34. The second-order valence-electron chi connectivity index (χ2n) is 4.66. The predicted molar refractivity (Wildman–Crippen MR) is 82.6 cm³/mol. The molecule has 0 aliphatic heterocycles. The molecule has 114 valence electrons. The molecule has 1 heterocycles. The van der Waals surface area contributed by atoms with Crippen LogP contribution in [0.1, 0.15) is 16.7 Å². The Hall–Kier alpha value is -2.02. The van der Waals surface area contributed by atoms with Crippen LogP contribution in [0.2, 0.25) is 0 Å². The van der Waals surface area contributed by atoms with Gasteiger partial charge in [-0.25, -0.2) is 9.37 Å². The molecular weight excluding hydrogens is 305 g/mol. The van der Waals surface area contributed by atoms with Crippen LogP contribution in [0.3, 0.4) is 0 Å². The van der Waals surface area contributed by atoms with Crippen LogP contribution >= 0.6 is 11.3 Å². The molecule has 3 aromatic rings. The van der Waals surface area contributed by atoms with Gasteiger partial charge in [0, 0.05) is 12.7 Å². The molecule has 6 heteroatoms. The third-order valence-corrected chi connectivity index (χ3v) is 4.23. The molecule has 4 nitrogen and oxygen atoms in total. The lowest BCUT2D eigenvalue weighted by molar-refractivity contribution is 0.0487. The van der Waals surface area contributed by atoms with Gasteiger partial charge in [-0.05, 0) is 30.3 Å². The van der Waals surface area contributed by atoms with Gasteiger partial charge in [0.05, 0.1) is 10.2 Å². The van der Waals surface area contributed by atoms with Crippen LogP contribution in [0.15, 0.2) is 42.5 Å². The number of rotatable bonds is 5. The lowest BCUT2D eigenvalue weighted by Crippen LogP contribution is -2.06. The summed E-state index contributed by atoms with van der Waals surface area (Å²) >= 11 is 1.37. The van der Waals surface area contributed by atoms with Crippen molar-refractivity contribution in [3.05, 3.63) is 58.9 Å². The van der Waals surface area contributed by atoms with Crippen LogP contribution in [0, 0.1) is 5.82 Å². The van der Waals surface area contributed by atoms with Crippen molar-refractivity contribution in [3.8, 4) is 5.75 Å². The number of hydrogen-bond donors (Lipinski definition) is 1. The van der Waals surface area contributed by atoms with Crippen LogP contribution < -0.4 is 4.74 Å². The van der Waals surface area contributed by atoms with E-state index in [1.807, 2.05) is 24.3 Å². The molecule has 0 amide bonds. The van der Waals surface area contributed by atoms with Gasteiger partial charge in [-0.1, -0.05) is 12.1 Å². The van der Waals surface area contributed by atoms with Crippen molar-refractivity contribution in [2.45, 2.75) is 6.10 Å². The van der Waals surface area contributed by atoms with Gasteiger partial charge in [0.1, 0.15) is 22.7 Å². The number of halogens is 1. The topological polar surface area (TPSA) is 51.6 Å². The maximum Gasteiger partial charge on any atom is 0.188 e. The summed E-state index contributed by atoms with van der Waals surface area (Å²) in [4.78, 5) is 4.40. The number of benzene rings is 2. The molecule has 3 rings (SSSR count). The number of ether oxygens (including phenoxy) is 2. The van der Waals surface area contributed by atoms with E-state index in [-0.39, 0.29) is 6.79 Å². The highest BCUT2D eigenvalue weighted by molar-refractivity contribution is 7.18. The second kappa shape index (κ2) is 6.39. The number of para-hydroxylation sites is 1. The van der Waals surface area contributed by atoms with Crippen LogP contribution in [0.5, 0.6) is 5.75 Å². The molecule has 1 N–H and O–H groups in total. The fourth-order valence-electron chi connectivity index (χ4n) is 2.13. The first-order valence-electron chi connectivity index (χ1n) is 6.64. The van der Waals surface area contributed by atoms with Gasteiger partial charge < -0.3 is 14.6 Å². The number of aliphatic hydroxyl groups is 1. The van der Waals surface area contributed by atoms with Gasteiger partial charge in [-0.3, -0.25) is 0 Å². The molecule has 2 aromatic carbocycles. The van der Waals surface area contributed by atoms with E-state index in [9.17, 15) is 9.50 Å². The molecular formula is C16H14FNO3S. The Morgan fingerprint density at radius 2 is 2.09 bits per heavy atom. The number of nitrogens with zero attached hydrogens (tertiary/aromatic N) is 1. The first-order valence-corrected chi connectivity index (χ1v) is 7.45. The summed E-state index contributed by atoms with van der Waals surface area (Å²) in [6.45, 7) is 0.0190. The van der Waals surface area contributed by atoms with E-state index in [2.05, 4.69) is 4.98 Å². The minimum atomic E-state index is -1.06. The number of fused-ring (bicyclic) bond motifs is 1. The lowest BCUT2D eigenvalue weighted by Gasteiger charge is -2.14. The van der Waals surface area contributed by atoms with Crippen LogP contribution in [-0.4, -0.2) is 24.0 Å². The fraction of sp³-hybridized carbons (Fsp3) is 0.188. The van der Waals surface area contributed by atoms with Gasteiger partial charge in [0.15, 0.2) is 6.79 Å². The van der Waals surface area contributed by atoms with E-state index in [1.165, 1.54) is 36.6 Å². The number of aliphatic hydroxyl groups excluding tert-OH is 1. The zero-order valence-corrected chi connectivity index (χ0v) is 12.6. The molecule has 0 saturated heterocycles. The number of aromatic nitrogens is 1. The number of hydrogen-bond acceptors (Lipinski definition) is 5. The Morgan fingerprint density at radius 3 is 2.86 bits per heavy atom. The zero-order chi connectivity index (χ0) is 15.5. The SMILES string of the molecule is COCOc1ccc(F)cc1C(O)c1nc2ccccc2s1. The van der Waals surface area contributed by atoms with E-state index in [0.717, 1.165) is 10.2 Å². The molecule has 22 heavy (non-hydrogen) atoms. The molecule has 0 bridgehead atoms. The zero-order valence-electron chi connectivity index (χ0n) is 11.8. The van der Waals surface area contributed by atoms with Crippen LogP contribution in [0.4, 0.5) is 4.39 Å². The molecule has 1 aromatic heterocycles. The van der Waals surface area contributed by atoms with Crippen LogP contribution in [-0.2, 0) is 4.74 Å². The van der Waals surface area contributed by atoms with Gasteiger partial charge in [0.2, 0.25) is 0 Å². The first kappa shape index (κ1) is 14.9. The largest absolute Gasteiger partial charge is 0.467 e. The minimum absolute atomic E-state index is 0.0190. The van der Waals surface area contributed by atoms with E-state index in [4.69, 9.17) is 9.47 Å². The van der Waals surface area contributed by atoms with Gasteiger partial charge in [-0.2, -0.15) is 0 Å². The van der Waals surface area contributed by atoms with Crippen molar-refractivity contribution in [2.75, 3.05) is 13.9 Å². The second-order valence-corrected chi connectivity index (χ2v) is 5.72. The van der Waals surface area contributed by atoms with E-state index < -0.39 is 11.9 Å². The Balaban J connectivity index is 1.99. The predicted octanol–water partition coefficient (Wildman–Crippen LogP) is 3.50. The molecule has 0 spiro atoms. The molecule has 1 unspecified atom stereocenters. The van der Waals surface area contributed by atoms with E-state index in [1.54, 1.807) is 0 Å². The average Bonchev–Trinajstić information content (AvgIpc) is 2.97. The van der Waals surface area contributed by atoms with Crippen molar-refractivity contribution in [2.24, 2.45) is 0 Å². The summed E-state index contributed by atoms with van der Waals surface area (Å²) in [6.07, 6.45) is -1.06. The van der Waals surface area contributed by atoms with Crippen molar-refractivity contribution in [1.29, 1.82) is 0 Å². The van der Waals surface area contributed by atoms with Gasteiger partial charge >= 0.3 is 0 Å². The fourth-order valence-corrected chi connectivity index (χ4v) is 3.10. The Labute approximate surface area is 130 Å². The summed E-state index contributed by atoms with van der Waals surface area (Å²) in [5.74, 6) is -0.0741. The molecule has 0 fully saturated rings. The smallest absolute Gasteiger partial charge is 0.188 e. The van der Waals surface area contributed by atoms with Gasteiger partial charge in [-0.15, -0.1) is 11.3 Å². The average molecular weight is 319 g/mol. The molecule has 1 atom stereocenters. The van der Waals surface area contributed by atoms with Crippen molar-refractivity contribution < 1.29 is 19.0 Å². The number of thiazole rings is 1. The first-order chi connectivity index (χ1) is 10.7. The quantitative estimate of drug-likeness (QED) is 0.731. The normalized spacial score (nSPS) is 12.5. The highest BCUT2D eigenvalue weighted by atomic mass is 32.1. The third kappa shape index (κ3) is 2.94. The third-order valence-electron chi connectivity index (χ3n) is 3.14. The molecule has 0 aliphatic carbocycles. The maximum absolute atomic E-state index is 13.5. The Bertz CT molecular complexity index is 757. The summed E-state index contributed by atoms with van der Waals surface area (Å²) in [6, 6.07) is 11.6. The summed E-state index contributed by atoms with van der Waals surface area (Å²) in [7, 11) is 1.49.